The lowest BCUT2D eigenvalue weighted by atomic mass is 10.6. The predicted molar refractivity (Wildman–Crippen MR) is 36.6 cm³/mol. The molecule has 57 valence electrons. The Hall–Kier alpha value is -1.06. The van der Waals surface area contributed by atoms with Crippen LogP contribution in [0.2, 0.25) is 0 Å². The van der Waals surface area contributed by atoms with Crippen LogP contribution in [-0.2, 0) is 9.59 Å². The van der Waals surface area contributed by atoms with Crippen LogP contribution in [0.5, 0.6) is 0 Å². The lowest BCUT2D eigenvalue weighted by Crippen LogP contribution is -2.35. The van der Waals surface area contributed by atoms with Gasteiger partial charge in [-0.3, -0.25) is 9.59 Å². The van der Waals surface area contributed by atoms with Crippen LogP contribution in [-0.4, -0.2) is 23.4 Å². The molecule has 0 aliphatic heterocycles. The fraction of sp³-hybridized carbons (Fsp3) is 0.500. The van der Waals surface area contributed by atoms with Crippen LogP contribution in [0.25, 0.3) is 0 Å². The molecule has 0 spiro atoms. The molecule has 0 saturated heterocycles. The van der Waals surface area contributed by atoms with Crippen molar-refractivity contribution in [3.63, 3.8) is 0 Å². The maximum atomic E-state index is 10.5. The molecule has 0 saturated carbocycles. The monoisotopic (exact) mass is 143 g/mol. The largest absolute Gasteiger partial charge is 0.339 e. The van der Waals surface area contributed by atoms with Crippen molar-refractivity contribution < 1.29 is 9.59 Å². The Balaban J connectivity index is 3.49. The summed E-state index contributed by atoms with van der Waals surface area (Å²) in [7, 11) is 3.38. The van der Waals surface area contributed by atoms with E-state index in [0.717, 1.165) is 0 Å². The lowest BCUT2D eigenvalue weighted by Gasteiger charge is -2.13. The zero-order valence-corrected chi connectivity index (χ0v) is 6.18. The van der Waals surface area contributed by atoms with Crippen molar-refractivity contribution in [1.29, 1.82) is 0 Å². The normalized spacial score (nSPS) is 8.70. The second kappa shape index (κ2) is 3.87. The Morgan fingerprint density at radius 1 is 1.50 bits per heavy atom. The van der Waals surface area contributed by atoms with Gasteiger partial charge < -0.3 is 10.2 Å². The summed E-state index contributed by atoms with van der Waals surface area (Å²) in [4.78, 5) is 21.9. The van der Waals surface area contributed by atoms with Gasteiger partial charge in [0.05, 0.1) is 6.67 Å². The Morgan fingerprint density at radius 2 is 2.00 bits per heavy atom. The lowest BCUT2D eigenvalue weighted by molar-refractivity contribution is -0.127. The topological polar surface area (TPSA) is 49.4 Å². The maximum absolute atomic E-state index is 10.5. The molecule has 0 unspecified atom stereocenters. The van der Waals surface area contributed by atoms with E-state index >= 15 is 0 Å². The fourth-order valence-corrected chi connectivity index (χ4v) is 0.318. The van der Waals surface area contributed by atoms with Gasteiger partial charge in [-0.25, -0.2) is 0 Å². The molecule has 1 N–H and O–H groups in total. The molecule has 0 aliphatic rings. The number of hydrogen-bond acceptors (Lipinski definition) is 2. The van der Waals surface area contributed by atoms with Gasteiger partial charge in [0.25, 0.3) is 0 Å². The molecular formula is C6H11N2O2. The molecule has 0 atom stereocenters. The molecule has 10 heavy (non-hydrogen) atoms. The summed E-state index contributed by atoms with van der Waals surface area (Å²) in [6.07, 6.45) is 0. The highest BCUT2D eigenvalue weighted by atomic mass is 16.2. The Labute approximate surface area is 60.2 Å². The van der Waals surface area contributed by atoms with E-state index in [9.17, 15) is 9.59 Å². The molecular weight excluding hydrogens is 132 g/mol. The van der Waals surface area contributed by atoms with E-state index in [2.05, 4.69) is 12.4 Å². The van der Waals surface area contributed by atoms with Crippen molar-refractivity contribution in [2.24, 2.45) is 0 Å². The van der Waals surface area contributed by atoms with Crippen LogP contribution in [0, 0.1) is 7.05 Å². The van der Waals surface area contributed by atoms with Crippen molar-refractivity contribution in [2.75, 3.05) is 6.67 Å². The molecule has 0 bridgehead atoms. The minimum absolute atomic E-state index is 0.171. The summed E-state index contributed by atoms with van der Waals surface area (Å²) in [6, 6.07) is 0. The molecule has 4 heteroatoms. The van der Waals surface area contributed by atoms with Gasteiger partial charge in [-0.2, -0.15) is 0 Å². The van der Waals surface area contributed by atoms with Gasteiger partial charge in [0, 0.05) is 20.9 Å². The Kier molecular flexibility index (Phi) is 3.46. The Bertz CT molecular complexity index is 145. The first-order valence-corrected chi connectivity index (χ1v) is 2.87. The molecule has 0 aromatic heterocycles. The number of nitrogens with one attached hydrogen (secondary N) is 1. The highest BCUT2D eigenvalue weighted by molar-refractivity contribution is 5.75. The highest BCUT2D eigenvalue weighted by Gasteiger charge is 2.00. The summed E-state index contributed by atoms with van der Waals surface area (Å²) in [6.45, 7) is 2.94. The van der Waals surface area contributed by atoms with E-state index in [0.29, 0.717) is 0 Å². The average Bonchev–Trinajstić information content (AvgIpc) is 1.82. The van der Waals surface area contributed by atoms with Gasteiger partial charge in [-0.15, -0.1) is 0 Å². The van der Waals surface area contributed by atoms with Gasteiger partial charge in [0.1, 0.15) is 0 Å². The molecule has 0 aliphatic carbocycles. The number of carbonyl (C=O) groups excluding carboxylic acids is 2. The molecule has 0 aromatic rings. The number of nitrogens with zero attached hydrogens (tertiary/aromatic N) is 1. The molecule has 4 nitrogen and oxygen atoms in total. The number of rotatable bonds is 2. The van der Waals surface area contributed by atoms with Crippen molar-refractivity contribution in [2.45, 2.75) is 13.8 Å². The molecule has 0 rings (SSSR count). The summed E-state index contributed by atoms with van der Waals surface area (Å²) >= 11 is 0. The molecule has 0 fully saturated rings. The van der Waals surface area contributed by atoms with E-state index in [1.165, 1.54) is 18.7 Å². The van der Waals surface area contributed by atoms with Crippen LogP contribution >= 0.6 is 0 Å². The first-order valence-electron chi connectivity index (χ1n) is 2.87. The average molecular weight is 143 g/mol. The van der Waals surface area contributed by atoms with Crippen molar-refractivity contribution in [3.05, 3.63) is 7.05 Å². The van der Waals surface area contributed by atoms with Crippen LogP contribution in [0.1, 0.15) is 13.8 Å². The van der Waals surface area contributed by atoms with Crippen LogP contribution in [0.3, 0.4) is 0 Å². The number of carbonyl (C=O) groups is 2. The molecule has 0 heterocycles. The minimum Gasteiger partial charge on any atom is -0.339 e. The summed E-state index contributed by atoms with van der Waals surface area (Å²) in [5, 5.41) is 2.43. The van der Waals surface area contributed by atoms with Crippen LogP contribution < -0.4 is 5.32 Å². The molecule has 2 amide bonds. The van der Waals surface area contributed by atoms with Gasteiger partial charge in [0.15, 0.2) is 0 Å². The summed E-state index contributed by atoms with van der Waals surface area (Å²) in [5.41, 5.74) is 0. The first kappa shape index (κ1) is 8.94. The van der Waals surface area contributed by atoms with E-state index in [1.54, 1.807) is 0 Å². The van der Waals surface area contributed by atoms with Crippen LogP contribution in [0.15, 0.2) is 0 Å². The van der Waals surface area contributed by atoms with Crippen molar-refractivity contribution in [1.82, 2.24) is 10.2 Å². The second-order valence-electron chi connectivity index (χ2n) is 1.95. The summed E-state index contributed by atoms with van der Waals surface area (Å²) < 4.78 is 0. The van der Waals surface area contributed by atoms with E-state index in [-0.39, 0.29) is 18.5 Å². The minimum atomic E-state index is -0.172. The third kappa shape index (κ3) is 3.88. The van der Waals surface area contributed by atoms with Crippen molar-refractivity contribution >= 4 is 11.8 Å². The van der Waals surface area contributed by atoms with Gasteiger partial charge >= 0.3 is 0 Å². The number of hydrogen-bond donors (Lipinski definition) is 1. The zero-order valence-electron chi connectivity index (χ0n) is 6.18. The third-order valence-electron chi connectivity index (χ3n) is 0.964. The zero-order chi connectivity index (χ0) is 8.15. The van der Waals surface area contributed by atoms with Gasteiger partial charge in [0.2, 0.25) is 11.8 Å². The molecule has 1 radical (unpaired) electrons. The maximum Gasteiger partial charge on any atom is 0.220 e. The molecule has 0 aromatic carbocycles. The number of amides is 2. The fourth-order valence-electron chi connectivity index (χ4n) is 0.318. The van der Waals surface area contributed by atoms with E-state index in [1.807, 2.05) is 0 Å². The Morgan fingerprint density at radius 3 is 2.30 bits per heavy atom. The van der Waals surface area contributed by atoms with Gasteiger partial charge in [-0.1, -0.05) is 0 Å². The van der Waals surface area contributed by atoms with Crippen molar-refractivity contribution in [3.8, 4) is 0 Å². The van der Waals surface area contributed by atoms with E-state index in [4.69, 9.17) is 0 Å². The smallest absolute Gasteiger partial charge is 0.220 e. The highest BCUT2D eigenvalue weighted by Crippen LogP contribution is 1.80. The third-order valence-corrected chi connectivity index (χ3v) is 0.964. The van der Waals surface area contributed by atoms with Crippen LogP contribution in [0.4, 0.5) is 0 Å². The van der Waals surface area contributed by atoms with E-state index < -0.39 is 0 Å². The predicted octanol–water partition coefficient (Wildman–Crippen LogP) is -0.280. The SMILES string of the molecule is [CH2]N(CNC(C)=O)C(C)=O. The summed E-state index contributed by atoms with van der Waals surface area (Å²) in [5.74, 6) is -0.344. The van der Waals surface area contributed by atoms with Gasteiger partial charge in [-0.05, 0) is 0 Å². The second-order valence-corrected chi connectivity index (χ2v) is 1.95. The first-order chi connectivity index (χ1) is 4.54. The quantitative estimate of drug-likeness (QED) is 0.540. The standard InChI is InChI=1S/C6H11N2O2/c1-5(9)7-4-8(3)6(2)10/h3-4H2,1-2H3,(H,7,9).